The van der Waals surface area contributed by atoms with E-state index < -0.39 is 0 Å². The van der Waals surface area contributed by atoms with E-state index >= 15 is 0 Å². The average molecular weight is 276 g/mol. The Morgan fingerprint density at radius 2 is 2.05 bits per heavy atom. The summed E-state index contributed by atoms with van der Waals surface area (Å²) in [5, 5.41) is 5.53. The average Bonchev–Trinajstić information content (AvgIpc) is 2.92. The number of carbonyl (C=O) groups is 2. The third kappa shape index (κ3) is 4.35. The monoisotopic (exact) mass is 276 g/mol. The fourth-order valence-corrected chi connectivity index (χ4v) is 2.18. The minimum Gasteiger partial charge on any atom is -0.378 e. The van der Waals surface area contributed by atoms with Crippen LogP contribution in [0.25, 0.3) is 0 Å². The smallest absolute Gasteiger partial charge is 0.319 e. The second-order valence-electron chi connectivity index (χ2n) is 4.94. The summed E-state index contributed by atoms with van der Waals surface area (Å²) in [6.07, 6.45) is 3.32. The van der Waals surface area contributed by atoms with Crippen LogP contribution in [0.15, 0.2) is 24.3 Å². The van der Waals surface area contributed by atoms with E-state index in [1.165, 1.54) is 6.92 Å². The molecule has 0 aliphatic carbocycles. The van der Waals surface area contributed by atoms with Crippen molar-refractivity contribution in [1.29, 1.82) is 0 Å². The van der Waals surface area contributed by atoms with E-state index in [0.717, 1.165) is 25.9 Å². The third-order valence-electron chi connectivity index (χ3n) is 3.33. The Morgan fingerprint density at radius 1 is 1.30 bits per heavy atom. The quantitative estimate of drug-likeness (QED) is 0.812. The lowest BCUT2D eigenvalue weighted by atomic mass is 10.1. The van der Waals surface area contributed by atoms with E-state index in [0.29, 0.717) is 17.8 Å². The summed E-state index contributed by atoms with van der Waals surface area (Å²) in [4.78, 5) is 22.8. The summed E-state index contributed by atoms with van der Waals surface area (Å²) in [6.45, 7) is 2.95. The topological polar surface area (TPSA) is 67.4 Å². The summed E-state index contributed by atoms with van der Waals surface area (Å²) in [5.41, 5.74) is 1.30. The van der Waals surface area contributed by atoms with Gasteiger partial charge in [-0.2, -0.15) is 0 Å². The molecule has 0 bridgehead atoms. The lowest BCUT2D eigenvalue weighted by Crippen LogP contribution is -2.31. The number of nitrogens with one attached hydrogen (secondary N) is 2. The van der Waals surface area contributed by atoms with Crippen LogP contribution in [0.5, 0.6) is 0 Å². The first-order chi connectivity index (χ1) is 9.65. The highest BCUT2D eigenvalue weighted by atomic mass is 16.5. The summed E-state index contributed by atoms with van der Waals surface area (Å²) < 4.78 is 5.48. The first kappa shape index (κ1) is 14.5. The molecule has 2 rings (SSSR count). The molecule has 108 valence electrons. The highest BCUT2D eigenvalue weighted by Gasteiger charge is 2.15. The van der Waals surface area contributed by atoms with Crippen LogP contribution in [-0.4, -0.2) is 31.1 Å². The molecular formula is C15H20N2O3. The minimum absolute atomic E-state index is 0.0116. The van der Waals surface area contributed by atoms with Crippen molar-refractivity contribution < 1.29 is 14.3 Å². The number of rotatable bonds is 5. The van der Waals surface area contributed by atoms with E-state index in [2.05, 4.69) is 10.6 Å². The van der Waals surface area contributed by atoms with E-state index in [4.69, 9.17) is 4.74 Å². The van der Waals surface area contributed by atoms with Gasteiger partial charge in [0.05, 0.1) is 6.10 Å². The van der Waals surface area contributed by atoms with Gasteiger partial charge in [-0.15, -0.1) is 0 Å². The molecule has 1 heterocycles. The molecular weight excluding hydrogens is 256 g/mol. The van der Waals surface area contributed by atoms with Gasteiger partial charge in [0.2, 0.25) is 0 Å². The highest BCUT2D eigenvalue weighted by Crippen LogP contribution is 2.14. The molecule has 2 amide bonds. The second-order valence-corrected chi connectivity index (χ2v) is 4.94. The van der Waals surface area contributed by atoms with Gasteiger partial charge in [-0.25, -0.2) is 4.79 Å². The van der Waals surface area contributed by atoms with Gasteiger partial charge in [0, 0.05) is 24.4 Å². The van der Waals surface area contributed by atoms with Crippen molar-refractivity contribution in [3.8, 4) is 0 Å². The van der Waals surface area contributed by atoms with Crippen LogP contribution in [0.1, 0.15) is 36.5 Å². The van der Waals surface area contributed by atoms with Crippen LogP contribution in [0.2, 0.25) is 0 Å². The maximum atomic E-state index is 11.7. The van der Waals surface area contributed by atoms with Gasteiger partial charge in [0.1, 0.15) is 0 Å². The Hall–Kier alpha value is -1.88. The zero-order valence-electron chi connectivity index (χ0n) is 11.6. The fraction of sp³-hybridized carbons (Fsp3) is 0.467. The first-order valence-corrected chi connectivity index (χ1v) is 6.92. The number of ketones is 1. The molecule has 1 aliphatic rings. The zero-order chi connectivity index (χ0) is 14.4. The Kier molecular flexibility index (Phi) is 5.12. The van der Waals surface area contributed by atoms with Gasteiger partial charge in [0.25, 0.3) is 0 Å². The molecule has 0 radical (unpaired) electrons. The number of urea groups is 1. The summed E-state index contributed by atoms with van der Waals surface area (Å²) in [6, 6.07) is 6.60. The molecule has 1 saturated heterocycles. The van der Waals surface area contributed by atoms with E-state index in [1.54, 1.807) is 24.3 Å². The van der Waals surface area contributed by atoms with E-state index in [9.17, 15) is 9.59 Å². The Bertz CT molecular complexity index is 465. The van der Waals surface area contributed by atoms with Gasteiger partial charge in [-0.1, -0.05) is 0 Å². The van der Waals surface area contributed by atoms with Crippen LogP contribution in [-0.2, 0) is 4.74 Å². The number of hydrogen-bond donors (Lipinski definition) is 2. The molecule has 1 atom stereocenters. The summed E-state index contributed by atoms with van der Waals surface area (Å²) in [5.74, 6) is 0.0116. The van der Waals surface area contributed by atoms with Crippen LogP contribution in [0.4, 0.5) is 10.5 Å². The predicted octanol–water partition coefficient (Wildman–Crippen LogP) is 2.58. The van der Waals surface area contributed by atoms with Crippen molar-refractivity contribution in [3.05, 3.63) is 29.8 Å². The fourth-order valence-electron chi connectivity index (χ4n) is 2.18. The number of Topliss-reactive ketones (excluding diaryl/α,β-unsaturated/α-hetero) is 1. The highest BCUT2D eigenvalue weighted by molar-refractivity contribution is 5.95. The number of hydrogen-bond acceptors (Lipinski definition) is 3. The molecule has 1 unspecified atom stereocenters. The van der Waals surface area contributed by atoms with Gasteiger partial charge in [-0.3, -0.25) is 4.79 Å². The number of benzene rings is 1. The Morgan fingerprint density at radius 3 is 2.65 bits per heavy atom. The normalized spacial score (nSPS) is 17.8. The molecule has 0 spiro atoms. The SMILES string of the molecule is CC(=O)c1ccc(NC(=O)NCCC2CCCO2)cc1. The van der Waals surface area contributed by atoms with Crippen molar-refractivity contribution in [1.82, 2.24) is 5.32 Å². The number of carbonyl (C=O) groups excluding carboxylic acids is 2. The van der Waals surface area contributed by atoms with Gasteiger partial charge >= 0.3 is 6.03 Å². The molecule has 1 aromatic rings. The summed E-state index contributed by atoms with van der Waals surface area (Å²) >= 11 is 0. The van der Waals surface area contributed by atoms with Gasteiger partial charge in [0.15, 0.2) is 5.78 Å². The van der Waals surface area contributed by atoms with Crippen molar-refractivity contribution in [2.75, 3.05) is 18.5 Å². The molecule has 5 heteroatoms. The molecule has 0 aromatic heterocycles. The van der Waals surface area contributed by atoms with Crippen LogP contribution in [0, 0.1) is 0 Å². The van der Waals surface area contributed by atoms with E-state index in [-0.39, 0.29) is 17.9 Å². The molecule has 1 aliphatic heterocycles. The maximum absolute atomic E-state index is 11.7. The van der Waals surface area contributed by atoms with Crippen molar-refractivity contribution in [3.63, 3.8) is 0 Å². The standard InChI is InChI=1S/C15H20N2O3/c1-11(18)12-4-6-13(7-5-12)17-15(19)16-9-8-14-3-2-10-20-14/h4-7,14H,2-3,8-10H2,1H3,(H2,16,17,19). The predicted molar refractivity (Wildman–Crippen MR) is 77.1 cm³/mol. The summed E-state index contributed by atoms with van der Waals surface area (Å²) in [7, 11) is 0. The van der Waals surface area contributed by atoms with E-state index in [1.807, 2.05) is 0 Å². The zero-order valence-corrected chi connectivity index (χ0v) is 11.6. The molecule has 20 heavy (non-hydrogen) atoms. The molecule has 2 N–H and O–H groups in total. The lowest BCUT2D eigenvalue weighted by molar-refractivity contribution is 0.101. The number of amides is 2. The number of anilines is 1. The third-order valence-corrected chi connectivity index (χ3v) is 3.33. The van der Waals surface area contributed by atoms with Crippen LogP contribution >= 0.6 is 0 Å². The maximum Gasteiger partial charge on any atom is 0.319 e. The first-order valence-electron chi connectivity index (χ1n) is 6.92. The lowest BCUT2D eigenvalue weighted by Gasteiger charge is -2.11. The Balaban J connectivity index is 1.71. The van der Waals surface area contributed by atoms with Crippen LogP contribution in [0.3, 0.4) is 0 Å². The molecule has 0 saturated carbocycles. The van der Waals surface area contributed by atoms with Gasteiger partial charge < -0.3 is 15.4 Å². The molecule has 5 nitrogen and oxygen atoms in total. The van der Waals surface area contributed by atoms with Crippen LogP contribution < -0.4 is 10.6 Å². The Labute approximate surface area is 118 Å². The second kappa shape index (κ2) is 7.05. The largest absolute Gasteiger partial charge is 0.378 e. The number of ether oxygens (including phenoxy) is 1. The van der Waals surface area contributed by atoms with Crippen molar-refractivity contribution >= 4 is 17.5 Å². The molecule has 1 aromatic carbocycles. The van der Waals surface area contributed by atoms with Crippen molar-refractivity contribution in [2.24, 2.45) is 0 Å². The van der Waals surface area contributed by atoms with Gasteiger partial charge in [-0.05, 0) is 50.5 Å². The minimum atomic E-state index is -0.237. The molecule has 1 fully saturated rings. The van der Waals surface area contributed by atoms with Crippen molar-refractivity contribution in [2.45, 2.75) is 32.3 Å².